The lowest BCUT2D eigenvalue weighted by Gasteiger charge is -2.12. The fraction of sp³-hybridized carbons (Fsp3) is 0.273. The van der Waals surface area contributed by atoms with E-state index in [1.54, 1.807) is 6.07 Å². The van der Waals surface area contributed by atoms with Crippen LogP contribution in [0.4, 0.5) is 11.4 Å². The topological polar surface area (TPSA) is 125 Å². The number of nitro groups is 1. The molecule has 100 valence electrons. The zero-order valence-corrected chi connectivity index (χ0v) is 9.99. The van der Waals surface area contributed by atoms with Gasteiger partial charge in [-0.15, -0.1) is 0 Å². The number of carboxylic acids is 1. The molecule has 0 spiro atoms. The Morgan fingerprint density at radius 3 is 2.84 bits per heavy atom. The molecule has 0 amide bonds. The quantitative estimate of drug-likeness (QED) is 0.579. The standard InChI is InChI=1S/C11H11N3O5/c1-19-10(11(15)16)6-13-8-2-3-9(14(17)18)7(4-8)5-12/h2-4,10,13H,6H2,1H3,(H,15,16). The number of nitro benzene ring substituents is 1. The molecule has 0 bridgehead atoms. The Bertz CT molecular complexity index is 538. The highest BCUT2D eigenvalue weighted by Crippen LogP contribution is 2.21. The van der Waals surface area contributed by atoms with Crippen molar-refractivity contribution in [3.8, 4) is 6.07 Å². The number of hydrogen-bond acceptors (Lipinski definition) is 6. The summed E-state index contributed by atoms with van der Waals surface area (Å²) in [5.74, 6) is -1.13. The molecule has 0 aliphatic heterocycles. The van der Waals surface area contributed by atoms with Crippen LogP contribution in [0.3, 0.4) is 0 Å². The van der Waals surface area contributed by atoms with Crippen molar-refractivity contribution in [3.05, 3.63) is 33.9 Å². The van der Waals surface area contributed by atoms with Gasteiger partial charge in [-0.05, 0) is 12.1 Å². The molecule has 2 N–H and O–H groups in total. The molecule has 0 saturated carbocycles. The minimum Gasteiger partial charge on any atom is -0.479 e. The first-order valence-electron chi connectivity index (χ1n) is 5.17. The van der Waals surface area contributed by atoms with Crippen molar-refractivity contribution in [2.75, 3.05) is 19.0 Å². The van der Waals surface area contributed by atoms with Gasteiger partial charge in [0.05, 0.1) is 11.5 Å². The smallest absolute Gasteiger partial charge is 0.334 e. The van der Waals surface area contributed by atoms with Crippen molar-refractivity contribution < 1.29 is 19.6 Å². The average Bonchev–Trinajstić information content (AvgIpc) is 2.38. The van der Waals surface area contributed by atoms with Crippen molar-refractivity contribution in [1.29, 1.82) is 5.26 Å². The molecule has 0 radical (unpaired) electrons. The second kappa shape index (κ2) is 6.32. The highest BCUT2D eigenvalue weighted by molar-refractivity contribution is 5.73. The molecule has 0 heterocycles. The fourth-order valence-corrected chi connectivity index (χ4v) is 1.38. The molecule has 1 aromatic rings. The van der Waals surface area contributed by atoms with Crippen LogP contribution in [0.15, 0.2) is 18.2 Å². The van der Waals surface area contributed by atoms with Crippen molar-refractivity contribution in [2.45, 2.75) is 6.10 Å². The summed E-state index contributed by atoms with van der Waals surface area (Å²) in [4.78, 5) is 20.7. The van der Waals surface area contributed by atoms with Crippen LogP contribution in [-0.2, 0) is 9.53 Å². The van der Waals surface area contributed by atoms with Gasteiger partial charge in [-0.2, -0.15) is 5.26 Å². The van der Waals surface area contributed by atoms with E-state index in [1.807, 2.05) is 0 Å². The van der Waals surface area contributed by atoms with Gasteiger partial charge < -0.3 is 15.2 Å². The number of ether oxygens (including phenoxy) is 1. The number of nitriles is 1. The van der Waals surface area contributed by atoms with Crippen LogP contribution in [0.25, 0.3) is 0 Å². The fourth-order valence-electron chi connectivity index (χ4n) is 1.38. The number of rotatable bonds is 6. The molecule has 1 aromatic carbocycles. The first kappa shape index (κ1) is 14.4. The third-order valence-corrected chi connectivity index (χ3v) is 2.37. The van der Waals surface area contributed by atoms with Crippen molar-refractivity contribution in [3.63, 3.8) is 0 Å². The highest BCUT2D eigenvalue weighted by atomic mass is 16.6. The Kier molecular flexibility index (Phi) is 4.79. The van der Waals surface area contributed by atoms with Crippen LogP contribution in [-0.4, -0.2) is 35.8 Å². The lowest BCUT2D eigenvalue weighted by Crippen LogP contribution is -2.30. The van der Waals surface area contributed by atoms with Gasteiger partial charge in [0.1, 0.15) is 11.6 Å². The Labute approximate surface area is 108 Å². The van der Waals surface area contributed by atoms with Gasteiger partial charge >= 0.3 is 5.97 Å². The SMILES string of the molecule is COC(CNc1ccc([N+](=O)[O-])c(C#N)c1)C(=O)O. The summed E-state index contributed by atoms with van der Waals surface area (Å²) in [5.41, 5.74) is 0.0133. The second-order valence-electron chi connectivity index (χ2n) is 3.54. The number of nitrogens with zero attached hydrogens (tertiary/aromatic N) is 2. The Morgan fingerprint density at radius 1 is 1.68 bits per heavy atom. The minimum absolute atomic E-state index is 0.0193. The van der Waals surface area contributed by atoms with E-state index >= 15 is 0 Å². The van der Waals surface area contributed by atoms with Crippen LogP contribution in [0.5, 0.6) is 0 Å². The third kappa shape index (κ3) is 3.65. The van der Waals surface area contributed by atoms with Crippen LogP contribution >= 0.6 is 0 Å². The summed E-state index contributed by atoms with van der Waals surface area (Å²) in [6.07, 6.45) is -1.04. The second-order valence-corrected chi connectivity index (χ2v) is 3.54. The predicted molar refractivity (Wildman–Crippen MR) is 64.7 cm³/mol. The number of carboxylic acid groups (broad SMARTS) is 1. The summed E-state index contributed by atoms with van der Waals surface area (Å²) in [5, 5.41) is 30.9. The van der Waals surface area contributed by atoms with Crippen molar-refractivity contribution in [1.82, 2.24) is 0 Å². The number of hydrogen-bond donors (Lipinski definition) is 2. The Balaban J connectivity index is 2.84. The summed E-state index contributed by atoms with van der Waals surface area (Å²) in [6, 6.07) is 5.58. The van der Waals surface area contributed by atoms with Gasteiger partial charge in [-0.25, -0.2) is 4.79 Å². The molecule has 0 fully saturated rings. The van der Waals surface area contributed by atoms with Crippen LogP contribution in [0, 0.1) is 21.4 Å². The van der Waals surface area contributed by atoms with Gasteiger partial charge in [0.15, 0.2) is 6.10 Å². The molecule has 1 atom stereocenters. The Hall–Kier alpha value is -2.66. The number of aliphatic carboxylic acids is 1. The van der Waals surface area contributed by atoms with Crippen molar-refractivity contribution in [2.24, 2.45) is 0 Å². The molecular formula is C11H11N3O5. The van der Waals surface area contributed by atoms with Gasteiger partial charge in [-0.1, -0.05) is 0 Å². The number of anilines is 1. The first-order valence-corrected chi connectivity index (χ1v) is 5.17. The zero-order valence-electron chi connectivity index (χ0n) is 9.99. The largest absolute Gasteiger partial charge is 0.479 e. The third-order valence-electron chi connectivity index (χ3n) is 2.37. The normalized spacial score (nSPS) is 11.4. The molecule has 0 saturated heterocycles. The number of benzene rings is 1. The van der Waals surface area contributed by atoms with Gasteiger partial charge in [0.25, 0.3) is 5.69 Å². The molecule has 0 aromatic heterocycles. The van der Waals surface area contributed by atoms with Crippen LogP contribution in [0.1, 0.15) is 5.56 Å². The van der Waals surface area contributed by atoms with E-state index in [9.17, 15) is 14.9 Å². The van der Waals surface area contributed by atoms with Gasteiger partial charge in [0.2, 0.25) is 0 Å². The van der Waals surface area contributed by atoms with Crippen LogP contribution < -0.4 is 5.32 Å². The number of methoxy groups -OCH3 is 1. The number of carbonyl (C=O) groups is 1. The summed E-state index contributed by atoms with van der Waals surface area (Å²) < 4.78 is 4.72. The lowest BCUT2D eigenvalue weighted by molar-refractivity contribution is -0.385. The molecule has 8 heteroatoms. The highest BCUT2D eigenvalue weighted by Gasteiger charge is 2.17. The summed E-state index contributed by atoms with van der Waals surface area (Å²) >= 11 is 0. The van der Waals surface area contributed by atoms with E-state index in [-0.39, 0.29) is 17.8 Å². The molecule has 0 aliphatic carbocycles. The Morgan fingerprint density at radius 2 is 2.37 bits per heavy atom. The number of nitrogens with one attached hydrogen (secondary N) is 1. The molecular weight excluding hydrogens is 254 g/mol. The van der Waals surface area contributed by atoms with E-state index in [0.717, 1.165) is 0 Å². The molecule has 8 nitrogen and oxygen atoms in total. The van der Waals surface area contributed by atoms with Crippen molar-refractivity contribution >= 4 is 17.3 Å². The van der Waals surface area contributed by atoms with E-state index in [1.165, 1.54) is 25.3 Å². The summed E-state index contributed by atoms with van der Waals surface area (Å²) in [6.45, 7) is -0.0193. The van der Waals surface area contributed by atoms with E-state index in [2.05, 4.69) is 5.32 Å². The summed E-state index contributed by atoms with van der Waals surface area (Å²) in [7, 11) is 1.26. The molecule has 1 rings (SSSR count). The average molecular weight is 265 g/mol. The maximum Gasteiger partial charge on any atom is 0.334 e. The van der Waals surface area contributed by atoms with E-state index in [4.69, 9.17) is 15.1 Å². The minimum atomic E-state index is -1.13. The predicted octanol–water partition coefficient (Wildman–Crippen LogP) is 0.978. The molecule has 1 unspecified atom stereocenters. The zero-order chi connectivity index (χ0) is 14.4. The maximum atomic E-state index is 10.7. The maximum absolute atomic E-state index is 10.7. The first-order chi connectivity index (χ1) is 8.99. The van der Waals surface area contributed by atoms with Crippen LogP contribution in [0.2, 0.25) is 0 Å². The lowest BCUT2D eigenvalue weighted by atomic mass is 10.1. The van der Waals surface area contributed by atoms with E-state index in [0.29, 0.717) is 5.69 Å². The monoisotopic (exact) mass is 265 g/mol. The molecule has 0 aliphatic rings. The van der Waals surface area contributed by atoms with Gasteiger partial charge in [-0.3, -0.25) is 10.1 Å². The van der Waals surface area contributed by atoms with E-state index < -0.39 is 17.0 Å². The molecule has 19 heavy (non-hydrogen) atoms. The van der Waals surface area contributed by atoms with Gasteiger partial charge in [0, 0.05) is 18.9 Å².